The standard InChI is InChI=1S/C18H25N3O3S/c22-25(23)10-8-13(12-25)11-19-18(20-14-5-6-14)21-16-7-9-24-17-4-2-1-3-15(16)17/h1-4,13-14,16H,5-12H2,(H2,19,20,21). The number of benzene rings is 1. The smallest absolute Gasteiger partial charge is 0.191 e. The van der Waals surface area contributed by atoms with E-state index in [9.17, 15) is 8.42 Å². The first-order valence-corrected chi connectivity index (χ1v) is 10.9. The molecule has 1 aromatic rings. The molecule has 2 atom stereocenters. The molecule has 3 aliphatic rings. The van der Waals surface area contributed by atoms with Crippen LogP contribution in [0.1, 0.15) is 37.3 Å². The highest BCUT2D eigenvalue weighted by Crippen LogP contribution is 2.31. The molecule has 1 aromatic carbocycles. The average Bonchev–Trinajstić information content (AvgIpc) is 3.34. The first-order valence-electron chi connectivity index (χ1n) is 9.09. The highest BCUT2D eigenvalue weighted by atomic mass is 32.2. The molecular weight excluding hydrogens is 338 g/mol. The van der Waals surface area contributed by atoms with Crippen LogP contribution in [-0.2, 0) is 9.84 Å². The minimum absolute atomic E-state index is 0.143. The lowest BCUT2D eigenvalue weighted by molar-refractivity contribution is 0.261. The summed E-state index contributed by atoms with van der Waals surface area (Å²) in [5.74, 6) is 2.45. The number of sulfone groups is 1. The minimum Gasteiger partial charge on any atom is -0.493 e. The Labute approximate surface area is 149 Å². The molecule has 1 saturated carbocycles. The summed E-state index contributed by atoms with van der Waals surface area (Å²) in [5.41, 5.74) is 1.16. The van der Waals surface area contributed by atoms with E-state index in [2.05, 4.69) is 16.7 Å². The summed E-state index contributed by atoms with van der Waals surface area (Å²) in [6, 6.07) is 8.76. The summed E-state index contributed by atoms with van der Waals surface area (Å²) in [6.45, 7) is 1.25. The van der Waals surface area contributed by atoms with Gasteiger partial charge < -0.3 is 15.4 Å². The third-order valence-electron chi connectivity index (χ3n) is 5.02. The van der Waals surface area contributed by atoms with Crippen LogP contribution in [0.2, 0.25) is 0 Å². The minimum atomic E-state index is -2.85. The van der Waals surface area contributed by atoms with Gasteiger partial charge >= 0.3 is 0 Å². The molecule has 0 amide bonds. The summed E-state index contributed by atoms with van der Waals surface area (Å²) < 4.78 is 29.0. The van der Waals surface area contributed by atoms with E-state index in [0.717, 1.165) is 30.1 Å². The van der Waals surface area contributed by atoms with Crippen LogP contribution in [0.25, 0.3) is 0 Å². The third kappa shape index (κ3) is 4.26. The van der Waals surface area contributed by atoms with Crippen molar-refractivity contribution in [3.05, 3.63) is 29.8 Å². The van der Waals surface area contributed by atoms with Gasteiger partial charge in [0.05, 0.1) is 24.2 Å². The molecule has 25 heavy (non-hydrogen) atoms. The Kier molecular flexibility index (Phi) is 4.58. The zero-order chi connectivity index (χ0) is 17.3. The monoisotopic (exact) mass is 363 g/mol. The molecule has 136 valence electrons. The molecule has 1 saturated heterocycles. The van der Waals surface area contributed by atoms with Crippen molar-refractivity contribution >= 4 is 15.8 Å². The molecule has 4 rings (SSSR count). The Morgan fingerprint density at radius 3 is 2.76 bits per heavy atom. The van der Waals surface area contributed by atoms with E-state index in [-0.39, 0.29) is 17.7 Å². The number of aliphatic imine (C=N–C) groups is 1. The van der Waals surface area contributed by atoms with Crippen molar-refractivity contribution < 1.29 is 13.2 Å². The fourth-order valence-corrected chi connectivity index (χ4v) is 5.30. The Morgan fingerprint density at radius 2 is 2.00 bits per heavy atom. The van der Waals surface area contributed by atoms with E-state index < -0.39 is 9.84 Å². The largest absolute Gasteiger partial charge is 0.493 e. The number of hydrogen-bond donors (Lipinski definition) is 2. The number of nitrogens with zero attached hydrogens (tertiary/aromatic N) is 1. The molecule has 7 heteroatoms. The van der Waals surface area contributed by atoms with E-state index in [1.54, 1.807) is 0 Å². The fourth-order valence-electron chi connectivity index (χ4n) is 3.45. The zero-order valence-corrected chi connectivity index (χ0v) is 15.1. The maximum Gasteiger partial charge on any atom is 0.191 e. The van der Waals surface area contributed by atoms with Gasteiger partial charge in [0.25, 0.3) is 0 Å². The Morgan fingerprint density at radius 1 is 1.16 bits per heavy atom. The number of ether oxygens (including phenoxy) is 1. The highest BCUT2D eigenvalue weighted by molar-refractivity contribution is 7.91. The summed E-state index contributed by atoms with van der Waals surface area (Å²) in [6.07, 6.45) is 3.95. The van der Waals surface area contributed by atoms with Gasteiger partial charge in [0, 0.05) is 24.6 Å². The van der Waals surface area contributed by atoms with Gasteiger partial charge in [0.1, 0.15) is 5.75 Å². The number of rotatable bonds is 4. The van der Waals surface area contributed by atoms with Gasteiger partial charge in [0.2, 0.25) is 0 Å². The zero-order valence-electron chi connectivity index (χ0n) is 14.3. The molecule has 2 aliphatic heterocycles. The molecule has 6 nitrogen and oxygen atoms in total. The van der Waals surface area contributed by atoms with Crippen LogP contribution in [0.4, 0.5) is 0 Å². The number of fused-ring (bicyclic) bond motifs is 1. The number of guanidine groups is 1. The molecule has 0 aromatic heterocycles. The normalized spacial score (nSPS) is 28.1. The van der Waals surface area contributed by atoms with Gasteiger partial charge in [0.15, 0.2) is 15.8 Å². The second-order valence-corrected chi connectivity index (χ2v) is 9.48. The summed E-state index contributed by atoms with van der Waals surface area (Å²) >= 11 is 0. The van der Waals surface area contributed by atoms with E-state index >= 15 is 0 Å². The lowest BCUT2D eigenvalue weighted by Gasteiger charge is -2.28. The van der Waals surface area contributed by atoms with Crippen molar-refractivity contribution in [2.45, 2.75) is 37.8 Å². The second kappa shape index (κ2) is 6.86. The predicted octanol–water partition coefficient (Wildman–Crippen LogP) is 1.64. The Bertz CT molecular complexity index is 759. The van der Waals surface area contributed by atoms with E-state index in [4.69, 9.17) is 9.73 Å². The molecular formula is C18H25N3O3S. The molecule has 2 heterocycles. The van der Waals surface area contributed by atoms with Crippen LogP contribution in [-0.4, -0.2) is 45.1 Å². The van der Waals surface area contributed by atoms with Crippen LogP contribution in [0.3, 0.4) is 0 Å². The van der Waals surface area contributed by atoms with Gasteiger partial charge in [-0.2, -0.15) is 0 Å². The summed E-state index contributed by atoms with van der Waals surface area (Å²) in [5, 5.41) is 7.00. The Balaban J connectivity index is 1.45. The lowest BCUT2D eigenvalue weighted by atomic mass is 10.0. The topological polar surface area (TPSA) is 79.8 Å². The maximum absolute atomic E-state index is 11.6. The first-order chi connectivity index (χ1) is 12.1. The average molecular weight is 363 g/mol. The van der Waals surface area contributed by atoms with E-state index in [1.165, 1.54) is 12.8 Å². The molecule has 2 unspecified atom stereocenters. The van der Waals surface area contributed by atoms with Crippen molar-refractivity contribution in [3.8, 4) is 5.75 Å². The third-order valence-corrected chi connectivity index (χ3v) is 6.86. The summed E-state index contributed by atoms with van der Waals surface area (Å²) in [7, 11) is -2.85. The predicted molar refractivity (Wildman–Crippen MR) is 97.7 cm³/mol. The van der Waals surface area contributed by atoms with Crippen LogP contribution in [0.5, 0.6) is 5.75 Å². The van der Waals surface area contributed by atoms with Gasteiger partial charge in [-0.1, -0.05) is 18.2 Å². The number of nitrogens with one attached hydrogen (secondary N) is 2. The summed E-state index contributed by atoms with van der Waals surface area (Å²) in [4.78, 5) is 4.71. The van der Waals surface area contributed by atoms with Gasteiger partial charge in [-0.25, -0.2) is 8.42 Å². The van der Waals surface area contributed by atoms with Crippen molar-refractivity contribution in [2.75, 3.05) is 24.7 Å². The van der Waals surface area contributed by atoms with Crippen molar-refractivity contribution in [2.24, 2.45) is 10.9 Å². The molecule has 0 spiro atoms. The molecule has 2 N–H and O–H groups in total. The van der Waals surface area contributed by atoms with Gasteiger partial charge in [-0.15, -0.1) is 0 Å². The lowest BCUT2D eigenvalue weighted by Crippen LogP contribution is -2.42. The number of hydrogen-bond acceptors (Lipinski definition) is 4. The number of para-hydroxylation sites is 1. The SMILES string of the molecule is O=S1(=O)CCC(CN=C(NC2CC2)NC2CCOc3ccccc32)C1. The van der Waals surface area contributed by atoms with Crippen molar-refractivity contribution in [1.82, 2.24) is 10.6 Å². The molecule has 0 radical (unpaired) electrons. The van der Waals surface area contributed by atoms with E-state index in [0.29, 0.717) is 24.9 Å². The van der Waals surface area contributed by atoms with E-state index in [1.807, 2.05) is 18.2 Å². The Hall–Kier alpha value is -1.76. The van der Waals surface area contributed by atoms with Crippen LogP contribution in [0, 0.1) is 5.92 Å². The van der Waals surface area contributed by atoms with Crippen LogP contribution in [0.15, 0.2) is 29.3 Å². The van der Waals surface area contributed by atoms with Crippen molar-refractivity contribution in [1.29, 1.82) is 0 Å². The second-order valence-electron chi connectivity index (χ2n) is 7.25. The van der Waals surface area contributed by atoms with Crippen LogP contribution < -0.4 is 15.4 Å². The quantitative estimate of drug-likeness (QED) is 0.628. The first kappa shape index (κ1) is 16.7. The molecule has 1 aliphatic carbocycles. The van der Waals surface area contributed by atoms with Gasteiger partial charge in [-0.05, 0) is 31.2 Å². The van der Waals surface area contributed by atoms with Gasteiger partial charge in [-0.3, -0.25) is 4.99 Å². The maximum atomic E-state index is 11.6. The molecule has 2 fully saturated rings. The molecule has 0 bridgehead atoms. The fraction of sp³-hybridized carbons (Fsp3) is 0.611. The highest BCUT2D eigenvalue weighted by Gasteiger charge is 2.29. The van der Waals surface area contributed by atoms with Crippen LogP contribution >= 0.6 is 0 Å². The van der Waals surface area contributed by atoms with Crippen molar-refractivity contribution in [3.63, 3.8) is 0 Å².